The number of likely N-dealkylation sites (N-methyl/N-ethyl adjacent to an activating group) is 1. The van der Waals surface area contributed by atoms with Gasteiger partial charge in [0.2, 0.25) is 5.91 Å². The molecule has 21 heavy (non-hydrogen) atoms. The van der Waals surface area contributed by atoms with Crippen LogP contribution < -0.4 is 10.6 Å². The van der Waals surface area contributed by atoms with Gasteiger partial charge in [-0.3, -0.25) is 9.69 Å². The molecule has 0 aliphatic carbocycles. The van der Waals surface area contributed by atoms with Gasteiger partial charge in [0, 0.05) is 21.5 Å². The van der Waals surface area contributed by atoms with Crippen molar-refractivity contribution in [1.82, 2.24) is 10.2 Å². The Bertz CT molecular complexity index is 499. The minimum atomic E-state index is 0.0250. The smallest absolute Gasteiger partial charge is 0.238 e. The van der Waals surface area contributed by atoms with Crippen molar-refractivity contribution in [3.8, 4) is 0 Å². The zero-order valence-corrected chi connectivity index (χ0v) is 15.6. The molecule has 4 nitrogen and oxygen atoms in total. The van der Waals surface area contributed by atoms with Crippen LogP contribution in [0.2, 0.25) is 0 Å². The number of aryl methyl sites for hydroxylation is 1. The number of piperidine rings is 1. The highest BCUT2D eigenvalue weighted by molar-refractivity contribution is 9.11. The van der Waals surface area contributed by atoms with Crippen LogP contribution in [0.1, 0.15) is 18.4 Å². The number of nitrogens with one attached hydrogen (secondary N) is 2. The van der Waals surface area contributed by atoms with E-state index in [2.05, 4.69) is 47.4 Å². The Kier molecular flexibility index (Phi) is 6.22. The second-order valence-corrected chi connectivity index (χ2v) is 7.22. The molecule has 0 saturated carbocycles. The number of carbonyl (C=O) groups excluding carboxylic acids is 1. The van der Waals surface area contributed by atoms with Crippen molar-refractivity contribution in [2.75, 3.05) is 32.0 Å². The van der Waals surface area contributed by atoms with Gasteiger partial charge in [0.15, 0.2) is 0 Å². The molecule has 1 heterocycles. The van der Waals surface area contributed by atoms with Crippen LogP contribution in [0.5, 0.6) is 0 Å². The number of hydrogen-bond acceptors (Lipinski definition) is 3. The zero-order valence-electron chi connectivity index (χ0n) is 12.4. The van der Waals surface area contributed by atoms with E-state index in [1.165, 1.54) is 6.42 Å². The van der Waals surface area contributed by atoms with Gasteiger partial charge >= 0.3 is 0 Å². The fraction of sp³-hybridized carbons (Fsp3) is 0.533. The lowest BCUT2D eigenvalue weighted by molar-refractivity contribution is -0.117. The van der Waals surface area contributed by atoms with Gasteiger partial charge in [-0.05, 0) is 82.9 Å². The van der Waals surface area contributed by atoms with Gasteiger partial charge < -0.3 is 10.6 Å². The fourth-order valence-corrected chi connectivity index (χ4v) is 4.25. The standard InChI is InChI=1S/C15H21Br2N3O/c1-10-6-12(16)15(13(17)7-10)19-14(21)9-20-5-3-4-11(8-20)18-2/h6-7,11,18H,3-5,8-9H2,1-2H3,(H,19,21). The molecule has 2 rings (SSSR count). The number of hydrogen-bond donors (Lipinski definition) is 2. The van der Waals surface area contributed by atoms with E-state index < -0.39 is 0 Å². The Morgan fingerprint density at radius 1 is 1.38 bits per heavy atom. The number of anilines is 1. The minimum Gasteiger partial charge on any atom is -0.323 e. The Morgan fingerprint density at radius 3 is 2.67 bits per heavy atom. The third-order valence-electron chi connectivity index (χ3n) is 3.73. The molecule has 1 aliphatic rings. The quantitative estimate of drug-likeness (QED) is 0.789. The summed E-state index contributed by atoms with van der Waals surface area (Å²) in [5.74, 6) is 0.0250. The normalized spacial score (nSPS) is 19.5. The van der Waals surface area contributed by atoms with E-state index in [0.29, 0.717) is 12.6 Å². The molecule has 1 aromatic rings. The Balaban J connectivity index is 1.96. The molecule has 2 N–H and O–H groups in total. The van der Waals surface area contributed by atoms with Gasteiger partial charge in [-0.15, -0.1) is 0 Å². The predicted octanol–water partition coefficient (Wildman–Crippen LogP) is 3.14. The van der Waals surface area contributed by atoms with E-state index in [0.717, 1.165) is 39.7 Å². The summed E-state index contributed by atoms with van der Waals surface area (Å²) < 4.78 is 1.80. The number of likely N-dealkylation sites (tertiary alicyclic amines) is 1. The first-order chi connectivity index (χ1) is 9.99. The van der Waals surface area contributed by atoms with Crippen LogP contribution in [0, 0.1) is 6.92 Å². The van der Waals surface area contributed by atoms with E-state index in [1.54, 1.807) is 0 Å². The van der Waals surface area contributed by atoms with Gasteiger partial charge in [0.1, 0.15) is 0 Å². The molecule has 1 aliphatic heterocycles. The van der Waals surface area contributed by atoms with Gasteiger partial charge in [-0.2, -0.15) is 0 Å². The van der Waals surface area contributed by atoms with Crippen LogP contribution in [0.15, 0.2) is 21.1 Å². The molecule has 1 unspecified atom stereocenters. The molecule has 116 valence electrons. The molecule has 0 spiro atoms. The maximum absolute atomic E-state index is 12.3. The molecule has 0 bridgehead atoms. The lowest BCUT2D eigenvalue weighted by atomic mass is 10.1. The van der Waals surface area contributed by atoms with Gasteiger partial charge in [0.25, 0.3) is 0 Å². The van der Waals surface area contributed by atoms with Crippen molar-refractivity contribution in [3.63, 3.8) is 0 Å². The van der Waals surface area contributed by atoms with Crippen molar-refractivity contribution >= 4 is 43.5 Å². The maximum Gasteiger partial charge on any atom is 0.238 e. The summed E-state index contributed by atoms with van der Waals surface area (Å²) in [5, 5.41) is 6.28. The first-order valence-corrected chi connectivity index (χ1v) is 8.73. The van der Waals surface area contributed by atoms with E-state index in [9.17, 15) is 4.79 Å². The van der Waals surface area contributed by atoms with E-state index in [-0.39, 0.29) is 5.91 Å². The van der Waals surface area contributed by atoms with Crippen molar-refractivity contribution in [1.29, 1.82) is 0 Å². The van der Waals surface area contributed by atoms with E-state index >= 15 is 0 Å². The molecule has 6 heteroatoms. The minimum absolute atomic E-state index is 0.0250. The fourth-order valence-electron chi connectivity index (χ4n) is 2.64. The Hall–Kier alpha value is -0.430. The van der Waals surface area contributed by atoms with Crippen LogP contribution in [-0.2, 0) is 4.79 Å². The summed E-state index contributed by atoms with van der Waals surface area (Å²) in [6.45, 7) is 4.37. The average molecular weight is 419 g/mol. The molecular weight excluding hydrogens is 398 g/mol. The second-order valence-electron chi connectivity index (χ2n) is 5.51. The molecule has 1 amide bonds. The molecule has 0 radical (unpaired) electrons. The van der Waals surface area contributed by atoms with E-state index in [1.807, 2.05) is 26.1 Å². The summed E-state index contributed by atoms with van der Waals surface area (Å²) in [4.78, 5) is 14.5. The number of halogens is 2. The monoisotopic (exact) mass is 417 g/mol. The highest BCUT2D eigenvalue weighted by Gasteiger charge is 2.21. The summed E-state index contributed by atoms with van der Waals surface area (Å²) in [6.07, 6.45) is 2.32. The SMILES string of the molecule is CNC1CCCN(CC(=O)Nc2c(Br)cc(C)cc2Br)C1. The lowest BCUT2D eigenvalue weighted by Gasteiger charge is -2.32. The van der Waals surface area contributed by atoms with E-state index in [4.69, 9.17) is 0 Å². The number of amides is 1. The highest BCUT2D eigenvalue weighted by Crippen LogP contribution is 2.32. The molecule has 1 saturated heterocycles. The Labute approximate surface area is 142 Å². The molecule has 1 fully saturated rings. The molecule has 1 atom stereocenters. The van der Waals surface area contributed by atoms with Crippen molar-refractivity contribution < 1.29 is 4.79 Å². The summed E-state index contributed by atoms with van der Waals surface area (Å²) >= 11 is 7.01. The van der Waals surface area contributed by atoms with Crippen LogP contribution in [0.25, 0.3) is 0 Å². The summed E-state index contributed by atoms with van der Waals surface area (Å²) in [7, 11) is 1.98. The number of carbonyl (C=O) groups is 1. The molecule has 0 aromatic heterocycles. The van der Waals surface area contributed by atoms with Crippen LogP contribution in [0.3, 0.4) is 0 Å². The van der Waals surface area contributed by atoms with Crippen molar-refractivity contribution in [2.45, 2.75) is 25.8 Å². The predicted molar refractivity (Wildman–Crippen MR) is 93.7 cm³/mol. The number of nitrogens with zero attached hydrogens (tertiary/aromatic N) is 1. The number of benzene rings is 1. The third kappa shape index (κ3) is 4.77. The summed E-state index contributed by atoms with van der Waals surface area (Å²) in [5.41, 5.74) is 1.94. The largest absolute Gasteiger partial charge is 0.323 e. The van der Waals surface area contributed by atoms with Crippen LogP contribution in [0.4, 0.5) is 5.69 Å². The van der Waals surface area contributed by atoms with Gasteiger partial charge in [0.05, 0.1) is 12.2 Å². The first kappa shape index (κ1) is 16.9. The Morgan fingerprint density at radius 2 is 2.05 bits per heavy atom. The van der Waals surface area contributed by atoms with Crippen molar-refractivity contribution in [2.24, 2.45) is 0 Å². The van der Waals surface area contributed by atoms with Gasteiger partial charge in [-0.1, -0.05) is 0 Å². The second kappa shape index (κ2) is 7.72. The van der Waals surface area contributed by atoms with Crippen LogP contribution >= 0.6 is 31.9 Å². The third-order valence-corrected chi connectivity index (χ3v) is 4.98. The average Bonchev–Trinajstić information content (AvgIpc) is 2.43. The molecular formula is C15H21Br2N3O. The summed E-state index contributed by atoms with van der Waals surface area (Å²) in [6, 6.07) is 4.49. The highest BCUT2D eigenvalue weighted by atomic mass is 79.9. The maximum atomic E-state index is 12.3. The zero-order chi connectivity index (χ0) is 15.4. The van der Waals surface area contributed by atoms with Crippen molar-refractivity contribution in [3.05, 3.63) is 26.6 Å². The first-order valence-electron chi connectivity index (χ1n) is 7.14. The molecule has 1 aromatic carbocycles. The number of rotatable bonds is 4. The van der Waals surface area contributed by atoms with Crippen LogP contribution in [-0.4, -0.2) is 43.5 Å². The topological polar surface area (TPSA) is 44.4 Å². The van der Waals surface area contributed by atoms with Gasteiger partial charge in [-0.25, -0.2) is 0 Å². The lowest BCUT2D eigenvalue weighted by Crippen LogP contribution is -2.46.